The minimum Gasteiger partial charge on any atom is -0.494 e. The smallest absolute Gasteiger partial charge is 0.245 e. The molecule has 2 atom stereocenters. The molecule has 5 rings (SSSR count). The van der Waals surface area contributed by atoms with Crippen LogP contribution in [-0.2, 0) is 22.6 Å². The highest BCUT2D eigenvalue weighted by molar-refractivity contribution is 9.10. The van der Waals surface area contributed by atoms with Crippen molar-refractivity contribution in [3.63, 3.8) is 0 Å². The number of nitrogens with zero attached hydrogens (tertiary/aromatic N) is 6. The van der Waals surface area contributed by atoms with E-state index in [1.54, 1.807) is 37.5 Å². The lowest BCUT2D eigenvalue weighted by molar-refractivity contribution is -0.138. The van der Waals surface area contributed by atoms with E-state index in [1.165, 1.54) is 23.6 Å². The molecular formula is C28H26BrFN6O4. The summed E-state index contributed by atoms with van der Waals surface area (Å²) in [5.74, 6) is 0.136. The van der Waals surface area contributed by atoms with Gasteiger partial charge in [-0.15, -0.1) is 0 Å². The Kier molecular flexibility index (Phi) is 7.70. The normalized spacial score (nSPS) is 16.9. The Bertz CT molecular complexity index is 1620. The maximum atomic E-state index is 14.5. The number of hydrogen-bond donors (Lipinski definition) is 0. The van der Waals surface area contributed by atoms with Crippen molar-refractivity contribution >= 4 is 44.3 Å². The van der Waals surface area contributed by atoms with Crippen LogP contribution in [0, 0.1) is 6.92 Å². The molecule has 0 aliphatic carbocycles. The first-order chi connectivity index (χ1) is 19.1. The minimum atomic E-state index is -1.32. The number of methoxy groups -OCH3 is 1. The van der Waals surface area contributed by atoms with E-state index in [0.717, 1.165) is 11.1 Å². The molecule has 1 aliphatic rings. The van der Waals surface area contributed by atoms with Crippen LogP contribution < -0.4 is 4.74 Å². The Hall–Kier alpha value is -4.06. The largest absolute Gasteiger partial charge is 0.494 e. The molecule has 0 radical (unpaired) electrons. The lowest BCUT2D eigenvalue weighted by Crippen LogP contribution is -2.43. The third-order valence-corrected chi connectivity index (χ3v) is 7.44. The number of carbonyl (C=O) groups excluding carboxylic acids is 3. The van der Waals surface area contributed by atoms with Gasteiger partial charge in [0.1, 0.15) is 28.8 Å². The molecular weight excluding hydrogens is 583 g/mol. The lowest BCUT2D eigenvalue weighted by Gasteiger charge is -2.23. The number of hydrogen-bond acceptors (Lipinski definition) is 8. The van der Waals surface area contributed by atoms with Gasteiger partial charge in [0, 0.05) is 42.4 Å². The molecule has 206 valence electrons. The predicted molar refractivity (Wildman–Crippen MR) is 148 cm³/mol. The fraction of sp³-hybridized carbons (Fsp3) is 0.321. The highest BCUT2D eigenvalue weighted by Crippen LogP contribution is 2.28. The number of Topliss-reactive ketones (excluding diaryl/α,β-unsaturated/α-hetero) is 2. The number of ether oxygens (including phenoxy) is 1. The maximum absolute atomic E-state index is 14.5. The van der Waals surface area contributed by atoms with Crippen LogP contribution in [0.3, 0.4) is 0 Å². The number of aryl methyl sites for hydroxylation is 1. The van der Waals surface area contributed by atoms with Gasteiger partial charge in [-0.05, 0) is 52.7 Å². The summed E-state index contributed by atoms with van der Waals surface area (Å²) in [6.07, 6.45) is 1.93. The SMILES string of the molecule is COc1ccc(CC(=O)[C@@H]2C[C@@H](F)CN2C(=O)Cn2nc(C(C)=O)c3cc(-c4cnc(C)nc4)ccc32)nc1Br. The Morgan fingerprint density at radius 1 is 1.12 bits per heavy atom. The summed E-state index contributed by atoms with van der Waals surface area (Å²) in [7, 11) is 1.51. The summed E-state index contributed by atoms with van der Waals surface area (Å²) in [6.45, 7) is 2.76. The van der Waals surface area contributed by atoms with Gasteiger partial charge < -0.3 is 9.64 Å². The molecule has 1 fully saturated rings. The number of rotatable bonds is 8. The van der Waals surface area contributed by atoms with Crippen LogP contribution >= 0.6 is 15.9 Å². The highest BCUT2D eigenvalue weighted by Gasteiger charge is 2.39. The monoisotopic (exact) mass is 608 g/mol. The molecule has 1 saturated heterocycles. The third-order valence-electron chi connectivity index (χ3n) is 6.87. The predicted octanol–water partition coefficient (Wildman–Crippen LogP) is 3.92. The van der Waals surface area contributed by atoms with Crippen LogP contribution in [0.2, 0.25) is 0 Å². The van der Waals surface area contributed by atoms with Gasteiger partial charge in [0.2, 0.25) is 5.91 Å². The molecule has 4 heterocycles. The second-order valence-corrected chi connectivity index (χ2v) is 10.4. The summed E-state index contributed by atoms with van der Waals surface area (Å²) in [4.78, 5) is 53.0. The van der Waals surface area contributed by atoms with Crippen LogP contribution in [0.5, 0.6) is 5.75 Å². The Labute approximate surface area is 237 Å². The first-order valence-corrected chi connectivity index (χ1v) is 13.4. The van der Waals surface area contributed by atoms with Crippen molar-refractivity contribution in [2.45, 2.75) is 45.4 Å². The van der Waals surface area contributed by atoms with Gasteiger partial charge in [0.15, 0.2) is 17.3 Å². The number of ketones is 2. The number of likely N-dealkylation sites (tertiary alicyclic amines) is 1. The van der Waals surface area contributed by atoms with Crippen LogP contribution in [-0.4, -0.2) is 73.0 Å². The fourth-order valence-electron chi connectivity index (χ4n) is 4.87. The number of pyridine rings is 1. The van der Waals surface area contributed by atoms with E-state index in [2.05, 4.69) is 36.0 Å². The summed E-state index contributed by atoms with van der Waals surface area (Å²) in [6, 6.07) is 7.84. The molecule has 12 heteroatoms. The molecule has 1 amide bonds. The topological polar surface area (TPSA) is 120 Å². The van der Waals surface area contributed by atoms with Gasteiger partial charge in [-0.25, -0.2) is 19.3 Å². The van der Waals surface area contributed by atoms with Crippen molar-refractivity contribution in [1.29, 1.82) is 0 Å². The van der Waals surface area contributed by atoms with Gasteiger partial charge in [-0.3, -0.25) is 19.1 Å². The molecule has 0 N–H and O–H groups in total. The van der Waals surface area contributed by atoms with E-state index in [-0.39, 0.29) is 43.2 Å². The first-order valence-electron chi connectivity index (χ1n) is 12.6. The third kappa shape index (κ3) is 5.48. The number of fused-ring (bicyclic) bond motifs is 1. The second-order valence-electron chi connectivity index (χ2n) is 9.65. The molecule has 40 heavy (non-hydrogen) atoms. The van der Waals surface area contributed by atoms with Gasteiger partial charge >= 0.3 is 0 Å². The minimum absolute atomic E-state index is 0.0611. The van der Waals surface area contributed by atoms with E-state index < -0.39 is 18.1 Å². The van der Waals surface area contributed by atoms with Crippen molar-refractivity contribution in [3.8, 4) is 16.9 Å². The van der Waals surface area contributed by atoms with E-state index in [1.807, 2.05) is 12.1 Å². The summed E-state index contributed by atoms with van der Waals surface area (Å²) in [5, 5.41) is 4.99. The summed E-state index contributed by atoms with van der Waals surface area (Å²) >= 11 is 3.30. The molecule has 1 aliphatic heterocycles. The zero-order valence-electron chi connectivity index (χ0n) is 22.1. The zero-order chi connectivity index (χ0) is 28.6. The Morgan fingerprint density at radius 3 is 2.55 bits per heavy atom. The molecule has 3 aromatic heterocycles. The Morgan fingerprint density at radius 2 is 1.88 bits per heavy atom. The van der Waals surface area contributed by atoms with Gasteiger partial charge in [-0.2, -0.15) is 5.10 Å². The number of halogens is 2. The molecule has 0 bridgehead atoms. The summed E-state index contributed by atoms with van der Waals surface area (Å²) < 4.78 is 21.6. The molecule has 0 unspecified atom stereocenters. The van der Waals surface area contributed by atoms with Gasteiger partial charge in [-0.1, -0.05) is 6.07 Å². The van der Waals surface area contributed by atoms with Crippen molar-refractivity contribution in [2.24, 2.45) is 0 Å². The lowest BCUT2D eigenvalue weighted by atomic mass is 10.0. The first kappa shape index (κ1) is 27.5. The molecule has 10 nitrogen and oxygen atoms in total. The van der Waals surface area contributed by atoms with E-state index >= 15 is 0 Å². The fourth-order valence-corrected chi connectivity index (χ4v) is 5.39. The standard InChI is InChI=1S/C28H26BrFN6O4/c1-15(37)27-21-8-17(18-11-31-16(2)32-12-18)4-6-22(21)36(34-27)14-26(39)35-13-19(30)9-23(35)24(38)10-20-5-7-25(40-3)28(29)33-20/h4-8,11-12,19,23H,9-10,13-14H2,1-3H3/t19-,23+/m1/s1. The van der Waals surface area contributed by atoms with Gasteiger partial charge in [0.25, 0.3) is 0 Å². The maximum Gasteiger partial charge on any atom is 0.245 e. The van der Waals surface area contributed by atoms with E-state index in [4.69, 9.17) is 4.74 Å². The van der Waals surface area contributed by atoms with E-state index in [0.29, 0.717) is 32.8 Å². The van der Waals surface area contributed by atoms with Crippen molar-refractivity contribution in [3.05, 3.63) is 64.5 Å². The van der Waals surface area contributed by atoms with Crippen molar-refractivity contribution in [1.82, 2.24) is 29.6 Å². The second kappa shape index (κ2) is 11.2. The number of carbonyl (C=O) groups is 3. The average Bonchev–Trinajstić information content (AvgIpc) is 3.50. The molecule has 0 spiro atoms. The van der Waals surface area contributed by atoms with Crippen LogP contribution in [0.15, 0.2) is 47.3 Å². The molecule has 0 saturated carbocycles. The van der Waals surface area contributed by atoms with Gasteiger partial charge in [0.05, 0.1) is 31.6 Å². The Balaban J connectivity index is 1.39. The van der Waals surface area contributed by atoms with Crippen molar-refractivity contribution in [2.75, 3.05) is 13.7 Å². The number of alkyl halides is 1. The van der Waals surface area contributed by atoms with Crippen LogP contribution in [0.25, 0.3) is 22.0 Å². The number of benzene rings is 1. The molecule has 1 aromatic carbocycles. The highest BCUT2D eigenvalue weighted by atomic mass is 79.9. The van der Waals surface area contributed by atoms with Crippen molar-refractivity contribution < 1.29 is 23.5 Å². The number of amides is 1. The van der Waals surface area contributed by atoms with Crippen LogP contribution in [0.1, 0.15) is 35.4 Å². The number of aromatic nitrogens is 5. The summed E-state index contributed by atoms with van der Waals surface area (Å²) in [5.41, 5.74) is 2.83. The average molecular weight is 609 g/mol. The quantitative estimate of drug-likeness (QED) is 0.218. The van der Waals surface area contributed by atoms with E-state index in [9.17, 15) is 18.8 Å². The molecule has 4 aromatic rings. The van der Waals surface area contributed by atoms with Crippen LogP contribution in [0.4, 0.5) is 4.39 Å². The zero-order valence-corrected chi connectivity index (χ0v) is 23.7.